The first-order valence-corrected chi connectivity index (χ1v) is 15.4. The van der Waals surface area contributed by atoms with Crippen LogP contribution in [0.25, 0.3) is 0 Å². The maximum absolute atomic E-state index is 13.1. The van der Waals surface area contributed by atoms with Crippen molar-refractivity contribution >= 4 is 5.97 Å². The lowest BCUT2D eigenvalue weighted by Gasteiger charge is -2.23. The van der Waals surface area contributed by atoms with Crippen LogP contribution in [0.15, 0.2) is 85.9 Å². The van der Waals surface area contributed by atoms with Crippen molar-refractivity contribution in [1.29, 1.82) is 0 Å². The van der Waals surface area contributed by atoms with Gasteiger partial charge in [-0.1, -0.05) is 24.3 Å². The van der Waals surface area contributed by atoms with Gasteiger partial charge in [0.2, 0.25) is 0 Å². The number of esters is 1. The van der Waals surface area contributed by atoms with Gasteiger partial charge in [0.15, 0.2) is 0 Å². The summed E-state index contributed by atoms with van der Waals surface area (Å²) in [4.78, 5) is 63.1. The van der Waals surface area contributed by atoms with Gasteiger partial charge >= 0.3 is 5.97 Å². The Labute approximate surface area is 270 Å². The van der Waals surface area contributed by atoms with E-state index in [-0.39, 0.29) is 37.1 Å². The minimum atomic E-state index is -0.602. The first kappa shape index (κ1) is 34.7. The van der Waals surface area contributed by atoms with Crippen molar-refractivity contribution in [1.82, 2.24) is 19.6 Å². The second-order valence-corrected chi connectivity index (χ2v) is 11.2. The normalized spacial score (nSPS) is 12.3. The number of nitrogens with one attached hydrogen (secondary N) is 2. The van der Waals surface area contributed by atoms with Gasteiger partial charge in [-0.15, -0.1) is 0 Å². The summed E-state index contributed by atoms with van der Waals surface area (Å²) < 4.78 is 18.7. The second-order valence-electron chi connectivity index (χ2n) is 11.2. The number of benzene rings is 2. The molecule has 2 aromatic heterocycles. The summed E-state index contributed by atoms with van der Waals surface area (Å²) in [6.45, 7) is 0.0769. The Morgan fingerprint density at radius 1 is 0.809 bits per heavy atom. The minimum Gasteiger partial charge on any atom is -0.497 e. The van der Waals surface area contributed by atoms with Crippen LogP contribution in [0.3, 0.4) is 0 Å². The molecular formula is C34H40N4O9. The van der Waals surface area contributed by atoms with Crippen LogP contribution in [0.2, 0.25) is 0 Å². The number of rotatable bonds is 17. The number of carbonyl (C=O) groups excluding carboxylic acids is 1. The predicted molar refractivity (Wildman–Crippen MR) is 174 cm³/mol. The third-order valence-electron chi connectivity index (χ3n) is 7.84. The summed E-state index contributed by atoms with van der Waals surface area (Å²) in [5.74, 6) is 0.796. The molecule has 2 unspecified atom stereocenters. The highest BCUT2D eigenvalue weighted by atomic mass is 16.5. The van der Waals surface area contributed by atoms with Crippen molar-refractivity contribution in [2.24, 2.45) is 0 Å². The lowest BCUT2D eigenvalue weighted by Crippen LogP contribution is -2.33. The molecule has 0 aliphatic heterocycles. The third-order valence-corrected chi connectivity index (χ3v) is 7.84. The fourth-order valence-electron chi connectivity index (χ4n) is 5.28. The molecule has 2 aromatic carbocycles. The van der Waals surface area contributed by atoms with Gasteiger partial charge in [-0.3, -0.25) is 34.2 Å². The summed E-state index contributed by atoms with van der Waals surface area (Å²) in [5.41, 5.74) is 0.151. The van der Waals surface area contributed by atoms with Gasteiger partial charge in [0.05, 0.1) is 26.8 Å². The van der Waals surface area contributed by atoms with Crippen LogP contribution in [0.1, 0.15) is 54.8 Å². The second kappa shape index (κ2) is 16.9. The zero-order valence-corrected chi connectivity index (χ0v) is 26.5. The van der Waals surface area contributed by atoms with Gasteiger partial charge in [-0.2, -0.15) is 0 Å². The molecule has 0 spiro atoms. The number of hydrogen-bond donors (Lipinski definition) is 3. The van der Waals surface area contributed by atoms with Crippen LogP contribution < -0.4 is 31.7 Å². The van der Waals surface area contributed by atoms with Crippen molar-refractivity contribution in [3.63, 3.8) is 0 Å². The summed E-state index contributed by atoms with van der Waals surface area (Å²) >= 11 is 0. The number of hydrogen-bond acceptors (Lipinski definition) is 9. The zero-order valence-electron chi connectivity index (χ0n) is 26.5. The molecule has 13 heteroatoms. The topological polar surface area (TPSA) is 175 Å². The Kier molecular flexibility index (Phi) is 12.5. The van der Waals surface area contributed by atoms with Crippen molar-refractivity contribution in [3.05, 3.63) is 125 Å². The fraction of sp³-hybridized carbons (Fsp3) is 0.382. The van der Waals surface area contributed by atoms with E-state index in [1.165, 1.54) is 21.5 Å². The molecule has 4 rings (SSSR count). The van der Waals surface area contributed by atoms with Gasteiger partial charge in [0.1, 0.15) is 17.6 Å². The molecule has 0 saturated heterocycles. The number of nitrogens with zero attached hydrogens (tertiary/aromatic N) is 2. The van der Waals surface area contributed by atoms with Crippen LogP contribution >= 0.6 is 0 Å². The number of ether oxygens (including phenoxy) is 3. The van der Waals surface area contributed by atoms with Gasteiger partial charge in [0, 0.05) is 43.2 Å². The standard InChI is InChI=1S/C34H40N4O9/c1-45-27-11-5-23(6-12-27)20-29(15-10-26(4-3-19-39)38-31(41)17-16-30(40)35-38)47-33(43)18-9-25-21-32(42)37(36-34(25)44)22-24-7-13-28(46-2)14-8-24/h5-8,11-14,16-17,21,26,29,39H,3-4,9-10,15,18-20,22H2,1-2H3,(H,35,40)(H,36,44). The van der Waals surface area contributed by atoms with Crippen LogP contribution in [0.5, 0.6) is 11.5 Å². The molecule has 3 N–H and O–H groups in total. The van der Waals surface area contributed by atoms with E-state index in [0.29, 0.717) is 43.6 Å². The lowest BCUT2D eigenvalue weighted by molar-refractivity contribution is -0.149. The number of aliphatic hydroxyl groups excluding tert-OH is 1. The van der Waals surface area contributed by atoms with E-state index in [0.717, 1.165) is 17.2 Å². The average molecular weight is 649 g/mol. The highest BCUT2D eigenvalue weighted by molar-refractivity contribution is 5.70. The van der Waals surface area contributed by atoms with Gasteiger partial charge < -0.3 is 19.3 Å². The molecule has 250 valence electrons. The van der Waals surface area contributed by atoms with Crippen molar-refractivity contribution in [3.8, 4) is 11.5 Å². The number of methoxy groups -OCH3 is 2. The summed E-state index contributed by atoms with van der Waals surface area (Å²) in [6.07, 6.45) is 1.18. The van der Waals surface area contributed by atoms with Crippen LogP contribution in [-0.2, 0) is 28.9 Å². The third kappa shape index (κ3) is 10.2. The molecular weight excluding hydrogens is 608 g/mol. The van der Waals surface area contributed by atoms with E-state index < -0.39 is 34.8 Å². The van der Waals surface area contributed by atoms with E-state index in [9.17, 15) is 29.1 Å². The minimum absolute atomic E-state index is 0.00179. The van der Waals surface area contributed by atoms with Crippen LogP contribution in [0, 0.1) is 0 Å². The van der Waals surface area contributed by atoms with Gasteiger partial charge in [-0.05, 0) is 67.5 Å². The maximum atomic E-state index is 13.1. The van der Waals surface area contributed by atoms with Crippen molar-refractivity contribution in [2.75, 3.05) is 20.8 Å². The molecule has 4 aromatic rings. The van der Waals surface area contributed by atoms with E-state index in [1.807, 2.05) is 12.1 Å². The number of aryl methyl sites for hydroxylation is 1. The van der Waals surface area contributed by atoms with E-state index in [1.54, 1.807) is 50.6 Å². The van der Waals surface area contributed by atoms with Gasteiger partial charge in [0.25, 0.3) is 22.2 Å². The first-order valence-electron chi connectivity index (χ1n) is 15.4. The Bertz CT molecular complexity index is 1840. The molecule has 0 saturated carbocycles. The zero-order chi connectivity index (χ0) is 33.8. The number of carbonyl (C=O) groups is 1. The number of aromatic amines is 2. The smallest absolute Gasteiger partial charge is 0.306 e. The number of aromatic nitrogens is 4. The van der Waals surface area contributed by atoms with E-state index in [4.69, 9.17) is 14.2 Å². The molecule has 0 aliphatic carbocycles. The molecule has 0 fully saturated rings. The molecule has 0 amide bonds. The quantitative estimate of drug-likeness (QED) is 0.145. The molecule has 0 aliphatic rings. The Morgan fingerprint density at radius 2 is 1.47 bits per heavy atom. The predicted octanol–water partition coefficient (Wildman–Crippen LogP) is 2.33. The Balaban J connectivity index is 1.45. The van der Waals surface area contributed by atoms with Crippen molar-refractivity contribution in [2.45, 2.75) is 63.6 Å². The Morgan fingerprint density at radius 3 is 2.11 bits per heavy atom. The molecule has 13 nitrogen and oxygen atoms in total. The van der Waals surface area contributed by atoms with E-state index in [2.05, 4.69) is 10.2 Å². The highest BCUT2D eigenvalue weighted by Gasteiger charge is 2.21. The molecule has 0 radical (unpaired) electrons. The summed E-state index contributed by atoms with van der Waals surface area (Å²) in [7, 11) is 3.12. The molecule has 47 heavy (non-hydrogen) atoms. The molecule has 0 bridgehead atoms. The van der Waals surface area contributed by atoms with E-state index >= 15 is 0 Å². The van der Waals surface area contributed by atoms with Crippen LogP contribution in [-0.4, -0.2) is 57.6 Å². The lowest BCUT2D eigenvalue weighted by atomic mass is 9.99. The monoisotopic (exact) mass is 648 g/mol. The van der Waals surface area contributed by atoms with Crippen LogP contribution in [0.4, 0.5) is 0 Å². The molecule has 2 atom stereocenters. The number of H-pyrrole nitrogens is 2. The van der Waals surface area contributed by atoms with Crippen molar-refractivity contribution < 1.29 is 24.1 Å². The highest BCUT2D eigenvalue weighted by Crippen LogP contribution is 2.22. The summed E-state index contributed by atoms with van der Waals surface area (Å²) in [5, 5.41) is 14.6. The van der Waals surface area contributed by atoms with Gasteiger partial charge in [-0.25, -0.2) is 9.36 Å². The fourth-order valence-corrected chi connectivity index (χ4v) is 5.28. The largest absolute Gasteiger partial charge is 0.497 e. The Hall–Kier alpha value is -5.17. The maximum Gasteiger partial charge on any atom is 0.306 e. The summed E-state index contributed by atoms with van der Waals surface area (Å²) in [6, 6.07) is 17.6. The average Bonchev–Trinajstić information content (AvgIpc) is 3.07. The number of aliphatic hydroxyl groups is 1. The molecule has 2 heterocycles. The first-order chi connectivity index (χ1) is 22.7. The SMILES string of the molecule is COc1ccc(CC(CCC(CCCO)n2[nH]c(=O)ccc2=O)OC(=O)CCc2cc(=O)n(Cc3ccc(OC)cc3)[nH]c2=O)cc1.